The molecule has 3 N–H and O–H groups in total. The summed E-state index contributed by atoms with van der Waals surface area (Å²) in [6.07, 6.45) is 1.22. The van der Waals surface area contributed by atoms with Crippen molar-refractivity contribution in [2.75, 3.05) is 7.05 Å². The van der Waals surface area contributed by atoms with E-state index in [0.717, 1.165) is 23.3 Å². The maximum Gasteiger partial charge on any atom is 0.247 e. The molecule has 1 aliphatic carbocycles. The fraction of sp³-hybridized carbons (Fsp3) is 0.423. The third-order valence-electron chi connectivity index (χ3n) is 6.81. The maximum absolute atomic E-state index is 14.9. The first kappa shape index (κ1) is 24.6. The molecule has 35 heavy (non-hydrogen) atoms. The number of nitrogens with one attached hydrogen (secondary N) is 2. The second-order valence-electron chi connectivity index (χ2n) is 9.68. The van der Waals surface area contributed by atoms with Gasteiger partial charge in [-0.3, -0.25) is 14.4 Å². The number of hydrogen-bond donors (Lipinski definition) is 3. The number of carbonyl (C=O) groups excluding carboxylic acids is 3. The highest BCUT2D eigenvalue weighted by atomic mass is 19.1. The highest BCUT2D eigenvalue weighted by molar-refractivity contribution is 6.00. The topological polar surface area (TPSA) is 98.7 Å². The summed E-state index contributed by atoms with van der Waals surface area (Å²) in [5.74, 6) is -3.55. The van der Waals surface area contributed by atoms with Gasteiger partial charge in [0.05, 0.1) is 0 Å². The lowest BCUT2D eigenvalue weighted by Gasteiger charge is -2.44. The van der Waals surface area contributed by atoms with Crippen molar-refractivity contribution in [3.05, 3.63) is 64.7 Å². The van der Waals surface area contributed by atoms with Gasteiger partial charge in [0.15, 0.2) is 0 Å². The molecule has 9 heteroatoms. The number of piperazine rings is 1. The van der Waals surface area contributed by atoms with E-state index in [-0.39, 0.29) is 29.6 Å². The number of phenolic OH excluding ortho intramolecular Hbond substituents is 1. The average Bonchev–Trinajstić information content (AvgIpc) is 3.21. The number of carbonyl (C=O) groups is 3. The molecule has 1 aliphatic heterocycles. The van der Waals surface area contributed by atoms with E-state index in [9.17, 15) is 28.3 Å². The van der Waals surface area contributed by atoms with Crippen LogP contribution in [0.3, 0.4) is 0 Å². The van der Waals surface area contributed by atoms with Gasteiger partial charge < -0.3 is 20.6 Å². The zero-order valence-electron chi connectivity index (χ0n) is 19.8. The van der Waals surface area contributed by atoms with E-state index in [0.29, 0.717) is 18.9 Å². The van der Waals surface area contributed by atoms with Crippen LogP contribution in [0, 0.1) is 23.5 Å². The van der Waals surface area contributed by atoms with E-state index in [1.807, 2.05) is 13.8 Å². The predicted octanol–water partition coefficient (Wildman–Crippen LogP) is 2.61. The van der Waals surface area contributed by atoms with Gasteiger partial charge in [0, 0.05) is 18.7 Å². The smallest absolute Gasteiger partial charge is 0.247 e. The molecular formula is C26H29F2N3O4. The van der Waals surface area contributed by atoms with Crippen molar-refractivity contribution in [2.24, 2.45) is 11.8 Å². The number of rotatable bonds is 6. The fourth-order valence-corrected chi connectivity index (χ4v) is 5.20. The van der Waals surface area contributed by atoms with Crippen molar-refractivity contribution in [1.29, 1.82) is 0 Å². The number of hydrogen-bond acceptors (Lipinski definition) is 4. The Morgan fingerprint density at radius 2 is 1.86 bits per heavy atom. The van der Waals surface area contributed by atoms with Crippen molar-refractivity contribution in [2.45, 2.75) is 51.2 Å². The second-order valence-corrected chi connectivity index (χ2v) is 9.68. The Kier molecular flexibility index (Phi) is 6.78. The summed E-state index contributed by atoms with van der Waals surface area (Å²) < 4.78 is 28.5. The Labute approximate surface area is 202 Å². The molecule has 1 saturated heterocycles. The highest BCUT2D eigenvalue weighted by Crippen LogP contribution is 2.36. The van der Waals surface area contributed by atoms with Crippen LogP contribution in [0.5, 0.6) is 5.75 Å². The van der Waals surface area contributed by atoms with E-state index in [1.54, 1.807) is 18.2 Å². The summed E-state index contributed by atoms with van der Waals surface area (Å²) in [7, 11) is 1.36. The molecule has 2 aliphatic rings. The Morgan fingerprint density at radius 1 is 1.14 bits per heavy atom. The van der Waals surface area contributed by atoms with Crippen LogP contribution in [0.4, 0.5) is 8.78 Å². The van der Waals surface area contributed by atoms with Crippen molar-refractivity contribution < 1.29 is 28.3 Å². The van der Waals surface area contributed by atoms with Gasteiger partial charge >= 0.3 is 0 Å². The van der Waals surface area contributed by atoms with Gasteiger partial charge in [0.1, 0.15) is 35.5 Å². The van der Waals surface area contributed by atoms with Crippen LogP contribution >= 0.6 is 0 Å². The Morgan fingerprint density at radius 3 is 2.51 bits per heavy atom. The fourth-order valence-electron chi connectivity index (χ4n) is 5.20. The molecule has 4 atom stereocenters. The minimum absolute atomic E-state index is 0.000266. The number of likely N-dealkylation sites (N-methyl/N-ethyl adjacent to an activating group) is 1. The lowest BCUT2D eigenvalue weighted by Crippen LogP contribution is -2.67. The zero-order chi connectivity index (χ0) is 25.4. The Balaban J connectivity index is 1.76. The number of benzene rings is 2. The zero-order valence-corrected chi connectivity index (χ0v) is 19.8. The molecular weight excluding hydrogens is 456 g/mol. The molecule has 0 spiro atoms. The van der Waals surface area contributed by atoms with Crippen LogP contribution in [-0.4, -0.2) is 46.9 Å². The summed E-state index contributed by atoms with van der Waals surface area (Å²) >= 11 is 0. The van der Waals surface area contributed by atoms with Crippen LogP contribution in [0.1, 0.15) is 43.0 Å². The van der Waals surface area contributed by atoms with E-state index < -0.39 is 47.5 Å². The highest BCUT2D eigenvalue weighted by Gasteiger charge is 2.49. The van der Waals surface area contributed by atoms with E-state index in [2.05, 4.69) is 10.6 Å². The third-order valence-corrected chi connectivity index (χ3v) is 6.81. The molecule has 2 aromatic carbocycles. The summed E-state index contributed by atoms with van der Waals surface area (Å²) in [6, 6.07) is 4.46. The van der Waals surface area contributed by atoms with Crippen LogP contribution in [0.25, 0.3) is 0 Å². The molecule has 1 heterocycles. The molecule has 3 amide bonds. The molecule has 0 saturated carbocycles. The van der Waals surface area contributed by atoms with Crippen molar-refractivity contribution in [1.82, 2.24) is 15.5 Å². The average molecular weight is 486 g/mol. The SMILES string of the molecule is CNC(=O)[C@@H](c1ccc(F)cc1F)N1C(=O)C([C@@H]2Cc3ccc(O)cc3C2)NC(=O)[C@H]1CC(C)C. The molecule has 7 nitrogen and oxygen atoms in total. The minimum atomic E-state index is -1.45. The first-order chi connectivity index (χ1) is 16.6. The lowest BCUT2D eigenvalue weighted by atomic mass is 9.88. The number of aromatic hydroxyl groups is 1. The van der Waals surface area contributed by atoms with E-state index in [4.69, 9.17) is 0 Å². The lowest BCUT2D eigenvalue weighted by molar-refractivity contribution is -0.157. The van der Waals surface area contributed by atoms with Crippen LogP contribution in [0.2, 0.25) is 0 Å². The number of fused-ring (bicyclic) bond motifs is 1. The van der Waals surface area contributed by atoms with Gasteiger partial charge in [-0.2, -0.15) is 0 Å². The van der Waals surface area contributed by atoms with Gasteiger partial charge in [-0.25, -0.2) is 8.78 Å². The monoisotopic (exact) mass is 485 g/mol. The van der Waals surface area contributed by atoms with Crippen molar-refractivity contribution in [3.63, 3.8) is 0 Å². The largest absolute Gasteiger partial charge is 0.508 e. The van der Waals surface area contributed by atoms with Crippen LogP contribution in [0.15, 0.2) is 36.4 Å². The summed E-state index contributed by atoms with van der Waals surface area (Å²) in [5, 5.41) is 15.1. The Bertz CT molecular complexity index is 1170. The normalized spacial score (nSPS) is 22.7. The van der Waals surface area contributed by atoms with Crippen LogP contribution < -0.4 is 10.6 Å². The summed E-state index contributed by atoms with van der Waals surface area (Å²) in [4.78, 5) is 41.5. The third kappa shape index (κ3) is 4.72. The van der Waals surface area contributed by atoms with Crippen LogP contribution in [-0.2, 0) is 27.2 Å². The molecule has 1 fully saturated rings. The van der Waals surface area contributed by atoms with Crippen molar-refractivity contribution >= 4 is 17.7 Å². The molecule has 0 bridgehead atoms. The number of phenols is 1. The van der Waals surface area contributed by atoms with E-state index >= 15 is 0 Å². The summed E-state index contributed by atoms with van der Waals surface area (Å²) in [5.41, 5.74) is 1.68. The number of amides is 3. The molecule has 2 aromatic rings. The molecule has 1 unspecified atom stereocenters. The minimum Gasteiger partial charge on any atom is -0.508 e. The maximum atomic E-state index is 14.9. The molecule has 0 radical (unpaired) electrons. The predicted molar refractivity (Wildman–Crippen MR) is 124 cm³/mol. The second kappa shape index (κ2) is 9.64. The van der Waals surface area contributed by atoms with Gasteiger partial charge in [0.25, 0.3) is 0 Å². The molecule has 186 valence electrons. The first-order valence-corrected chi connectivity index (χ1v) is 11.7. The standard InChI is InChI=1S/C26H29F2N3O4/c1-13(2)8-21-24(33)30-22(16-9-14-4-6-18(32)11-15(14)10-16)26(35)31(21)23(25(34)29-3)19-7-5-17(27)12-20(19)28/h4-7,11-13,16,21-23,32H,8-10H2,1-3H3,(H,29,34)(H,30,33)/t16-,21-,22?,23-/m1/s1. The van der Waals surface area contributed by atoms with Gasteiger partial charge in [-0.1, -0.05) is 26.0 Å². The molecule has 0 aromatic heterocycles. The van der Waals surface area contributed by atoms with Gasteiger partial charge in [-0.15, -0.1) is 0 Å². The number of halogens is 2. The van der Waals surface area contributed by atoms with Gasteiger partial charge in [0.2, 0.25) is 17.7 Å². The van der Waals surface area contributed by atoms with Gasteiger partial charge in [-0.05, 0) is 60.4 Å². The molecule has 4 rings (SSSR count). The summed E-state index contributed by atoms with van der Waals surface area (Å²) in [6.45, 7) is 3.77. The first-order valence-electron chi connectivity index (χ1n) is 11.7. The number of nitrogens with zero attached hydrogens (tertiary/aromatic N) is 1. The Hall–Kier alpha value is -3.49. The van der Waals surface area contributed by atoms with Crippen molar-refractivity contribution in [3.8, 4) is 5.75 Å². The van der Waals surface area contributed by atoms with E-state index in [1.165, 1.54) is 11.9 Å². The quantitative estimate of drug-likeness (QED) is 0.586.